The highest BCUT2D eigenvalue weighted by Gasteiger charge is 2.24. The summed E-state index contributed by atoms with van der Waals surface area (Å²) in [5.74, 6) is 1.77. The number of aromatic nitrogens is 1. The van der Waals surface area contributed by atoms with Crippen molar-refractivity contribution < 1.29 is 28.6 Å². The van der Waals surface area contributed by atoms with Crippen molar-refractivity contribution in [3.8, 4) is 23.0 Å². The van der Waals surface area contributed by atoms with Gasteiger partial charge < -0.3 is 23.8 Å². The lowest BCUT2D eigenvalue weighted by Gasteiger charge is -2.21. The second kappa shape index (κ2) is 11.0. The Bertz CT molecular complexity index is 1390. The molecule has 0 aliphatic carbocycles. The van der Waals surface area contributed by atoms with Gasteiger partial charge in [-0.25, -0.2) is 4.79 Å². The molecule has 36 heavy (non-hydrogen) atoms. The summed E-state index contributed by atoms with van der Waals surface area (Å²) in [6.45, 7) is 1.86. The molecule has 0 unspecified atom stereocenters. The Hall–Kier alpha value is -4.30. The van der Waals surface area contributed by atoms with Crippen LogP contribution in [-0.2, 0) is 4.84 Å². The molecular formula is C28H28N2O6. The van der Waals surface area contributed by atoms with E-state index in [2.05, 4.69) is 10.5 Å². The third-order valence-electron chi connectivity index (χ3n) is 5.95. The van der Waals surface area contributed by atoms with Crippen molar-refractivity contribution in [3.05, 3.63) is 89.2 Å². The number of carbonyl (C=O) groups is 1. The van der Waals surface area contributed by atoms with Gasteiger partial charge in [0.05, 0.1) is 39.7 Å². The molecule has 4 aromatic rings. The first-order valence-electron chi connectivity index (χ1n) is 11.3. The Morgan fingerprint density at radius 1 is 0.806 bits per heavy atom. The molecule has 0 spiro atoms. The summed E-state index contributed by atoms with van der Waals surface area (Å²) in [6, 6.07) is 17.7. The highest BCUT2D eigenvalue weighted by Crippen LogP contribution is 2.37. The van der Waals surface area contributed by atoms with Crippen LogP contribution in [0, 0.1) is 6.92 Å². The van der Waals surface area contributed by atoms with Gasteiger partial charge in [-0.1, -0.05) is 24.3 Å². The van der Waals surface area contributed by atoms with Crippen LogP contribution in [0.2, 0.25) is 0 Å². The molecule has 0 radical (unpaired) electrons. The summed E-state index contributed by atoms with van der Waals surface area (Å²) < 4.78 is 21.9. The minimum atomic E-state index is -0.639. The molecule has 1 aromatic heterocycles. The van der Waals surface area contributed by atoms with Gasteiger partial charge in [-0.15, -0.1) is 5.48 Å². The van der Waals surface area contributed by atoms with E-state index in [-0.39, 0.29) is 0 Å². The summed E-state index contributed by atoms with van der Waals surface area (Å²) in [5, 5.41) is 1.68. The zero-order chi connectivity index (χ0) is 25.7. The van der Waals surface area contributed by atoms with E-state index in [0.29, 0.717) is 34.3 Å². The van der Waals surface area contributed by atoms with Crippen molar-refractivity contribution in [1.82, 2.24) is 10.5 Å². The maximum absolute atomic E-state index is 12.9. The second-order valence-corrected chi connectivity index (χ2v) is 7.99. The average Bonchev–Trinajstić information content (AvgIpc) is 2.92. The fourth-order valence-electron chi connectivity index (χ4n) is 4.04. The van der Waals surface area contributed by atoms with Crippen LogP contribution in [0.15, 0.2) is 66.9 Å². The maximum Gasteiger partial charge on any atom is 0.357 e. The van der Waals surface area contributed by atoms with Crippen molar-refractivity contribution in [1.29, 1.82) is 0 Å². The van der Waals surface area contributed by atoms with Gasteiger partial charge in [0.25, 0.3) is 0 Å². The van der Waals surface area contributed by atoms with Crippen LogP contribution in [0.1, 0.15) is 33.2 Å². The molecule has 0 bridgehead atoms. The predicted molar refractivity (Wildman–Crippen MR) is 136 cm³/mol. The average molecular weight is 489 g/mol. The van der Waals surface area contributed by atoms with Crippen LogP contribution < -0.4 is 24.4 Å². The third kappa shape index (κ3) is 4.89. The Morgan fingerprint density at radius 2 is 1.47 bits per heavy atom. The zero-order valence-corrected chi connectivity index (χ0v) is 20.8. The van der Waals surface area contributed by atoms with Gasteiger partial charge >= 0.3 is 5.97 Å². The van der Waals surface area contributed by atoms with Gasteiger partial charge in [-0.2, -0.15) is 0 Å². The minimum Gasteiger partial charge on any atom is -0.493 e. The largest absolute Gasteiger partial charge is 0.493 e. The predicted octanol–water partition coefficient (Wildman–Crippen LogP) is 5.03. The number of hydrogen-bond donors (Lipinski definition) is 1. The summed E-state index contributed by atoms with van der Waals surface area (Å²) in [6.07, 6.45) is 1.70. The van der Waals surface area contributed by atoms with Gasteiger partial charge in [0.2, 0.25) is 0 Å². The number of hydrogen-bond acceptors (Lipinski definition) is 8. The van der Waals surface area contributed by atoms with E-state index in [0.717, 1.165) is 21.9 Å². The summed E-state index contributed by atoms with van der Waals surface area (Å²) in [7, 11) is 6.30. The number of carbonyl (C=O) groups excluding carboxylic acids is 1. The van der Waals surface area contributed by atoms with E-state index in [1.165, 1.54) is 0 Å². The minimum absolute atomic E-state index is 0.466. The summed E-state index contributed by atoms with van der Waals surface area (Å²) >= 11 is 0. The van der Waals surface area contributed by atoms with Gasteiger partial charge in [0, 0.05) is 11.6 Å². The topological polar surface area (TPSA) is 88.1 Å². The fraction of sp³-hybridized carbons (Fsp3) is 0.214. The summed E-state index contributed by atoms with van der Waals surface area (Å²) in [5.41, 5.74) is 5.60. The monoisotopic (exact) mass is 488 g/mol. The number of benzene rings is 3. The van der Waals surface area contributed by atoms with Crippen molar-refractivity contribution in [2.24, 2.45) is 0 Å². The lowest BCUT2D eigenvalue weighted by Crippen LogP contribution is -2.27. The number of nitrogens with one attached hydrogen (secondary N) is 1. The molecule has 0 fully saturated rings. The number of pyridine rings is 1. The first kappa shape index (κ1) is 24.8. The van der Waals surface area contributed by atoms with Gasteiger partial charge in [0.15, 0.2) is 23.0 Å². The van der Waals surface area contributed by atoms with E-state index < -0.39 is 12.0 Å². The molecule has 0 aliphatic heterocycles. The van der Waals surface area contributed by atoms with Crippen LogP contribution in [-0.4, -0.2) is 39.4 Å². The van der Waals surface area contributed by atoms with Gasteiger partial charge in [-0.3, -0.25) is 4.98 Å². The van der Waals surface area contributed by atoms with Gasteiger partial charge in [-0.05, 0) is 59.8 Å². The number of methoxy groups -OCH3 is 4. The second-order valence-electron chi connectivity index (χ2n) is 7.99. The van der Waals surface area contributed by atoms with Crippen molar-refractivity contribution in [2.45, 2.75) is 13.0 Å². The van der Waals surface area contributed by atoms with E-state index in [9.17, 15) is 4.79 Å². The third-order valence-corrected chi connectivity index (χ3v) is 5.95. The fourth-order valence-corrected chi connectivity index (χ4v) is 4.04. The van der Waals surface area contributed by atoms with Crippen LogP contribution in [0.4, 0.5) is 0 Å². The number of rotatable bonds is 9. The maximum atomic E-state index is 12.9. The summed E-state index contributed by atoms with van der Waals surface area (Å²) in [4.78, 5) is 23.2. The first-order chi connectivity index (χ1) is 17.5. The molecule has 186 valence electrons. The molecule has 8 heteroatoms. The molecule has 1 N–H and O–H groups in total. The van der Waals surface area contributed by atoms with E-state index >= 15 is 0 Å². The smallest absolute Gasteiger partial charge is 0.357 e. The Labute approximate surface area is 209 Å². The molecule has 3 aromatic carbocycles. The molecule has 0 aliphatic rings. The molecule has 0 saturated carbocycles. The van der Waals surface area contributed by atoms with Crippen molar-refractivity contribution in [2.75, 3.05) is 28.4 Å². The quantitative estimate of drug-likeness (QED) is 0.328. The van der Waals surface area contributed by atoms with Crippen LogP contribution >= 0.6 is 0 Å². The number of ether oxygens (including phenoxy) is 4. The molecule has 0 amide bonds. The molecule has 8 nitrogen and oxygen atoms in total. The van der Waals surface area contributed by atoms with E-state index in [4.69, 9.17) is 23.8 Å². The van der Waals surface area contributed by atoms with E-state index in [1.54, 1.807) is 52.8 Å². The van der Waals surface area contributed by atoms with Crippen molar-refractivity contribution >= 4 is 16.7 Å². The Kier molecular flexibility index (Phi) is 7.56. The van der Waals surface area contributed by atoms with Crippen LogP contribution in [0.25, 0.3) is 10.8 Å². The Morgan fingerprint density at radius 3 is 2.17 bits per heavy atom. The SMILES string of the molecule is COc1ccc([C@@H](NOC(=O)c2ccccc2C)c2nccc3cc(OC)c(OC)cc23)cc1OC. The molecule has 1 heterocycles. The molecular weight excluding hydrogens is 460 g/mol. The number of nitrogens with zero attached hydrogens (tertiary/aromatic N) is 1. The molecule has 4 rings (SSSR count). The highest BCUT2D eigenvalue weighted by molar-refractivity contribution is 5.91. The lowest BCUT2D eigenvalue weighted by molar-refractivity contribution is 0.0186. The highest BCUT2D eigenvalue weighted by atomic mass is 16.7. The number of fused-ring (bicyclic) bond motifs is 1. The number of aryl methyl sites for hydroxylation is 1. The standard InChI is InChI=1S/C28H28N2O6/c1-17-8-6-7-9-20(17)28(31)36-30-26(19-10-11-22(32-2)23(15-19)33-3)27-21-16-25(35-5)24(34-4)14-18(21)12-13-29-27/h6-16,26,30H,1-5H3/t26-/m1/s1. The van der Waals surface area contributed by atoms with Crippen LogP contribution in [0.3, 0.4) is 0 Å². The lowest BCUT2D eigenvalue weighted by atomic mass is 9.98. The molecule has 0 saturated heterocycles. The first-order valence-corrected chi connectivity index (χ1v) is 11.3. The molecule has 1 atom stereocenters. The van der Waals surface area contributed by atoms with Crippen LogP contribution in [0.5, 0.6) is 23.0 Å². The zero-order valence-electron chi connectivity index (χ0n) is 20.8. The Balaban J connectivity index is 1.82. The van der Waals surface area contributed by atoms with E-state index in [1.807, 2.05) is 49.4 Å². The number of hydroxylamine groups is 1. The normalized spacial score (nSPS) is 11.6. The van der Waals surface area contributed by atoms with Crippen molar-refractivity contribution in [3.63, 3.8) is 0 Å². The van der Waals surface area contributed by atoms with Gasteiger partial charge in [0.1, 0.15) is 6.04 Å².